The summed E-state index contributed by atoms with van der Waals surface area (Å²) in [6.07, 6.45) is 0.293. The summed E-state index contributed by atoms with van der Waals surface area (Å²) in [6, 6.07) is 9.97. The minimum absolute atomic E-state index is 0.00300. The molecule has 0 bridgehead atoms. The van der Waals surface area contributed by atoms with Gasteiger partial charge in [-0.1, -0.05) is 30.3 Å². The number of carbonyl (C=O) groups excluding carboxylic acids is 1. The molecule has 0 saturated carbocycles. The van der Waals surface area contributed by atoms with Gasteiger partial charge in [0, 0.05) is 36.6 Å². The van der Waals surface area contributed by atoms with E-state index in [1.807, 2.05) is 35.7 Å². The quantitative estimate of drug-likeness (QED) is 0.928. The third kappa shape index (κ3) is 4.16. The standard InChI is InChI=1S/C17H20N2O3S/c20-10-13-9-19(6-7-22-11-13)16(21)8-15-12-23-17(18-15)14-4-2-1-3-5-14/h1-5,12-13,20H,6-11H2/t13-/m1/s1. The Balaban J connectivity index is 1.65. The summed E-state index contributed by atoms with van der Waals surface area (Å²) in [5.41, 5.74) is 1.87. The van der Waals surface area contributed by atoms with E-state index in [0.29, 0.717) is 32.7 Å². The third-order valence-corrected chi connectivity index (χ3v) is 4.79. The zero-order valence-corrected chi connectivity index (χ0v) is 13.7. The van der Waals surface area contributed by atoms with Gasteiger partial charge in [-0.3, -0.25) is 4.79 Å². The van der Waals surface area contributed by atoms with E-state index in [-0.39, 0.29) is 18.4 Å². The number of hydrogen-bond acceptors (Lipinski definition) is 5. The zero-order chi connectivity index (χ0) is 16.1. The van der Waals surface area contributed by atoms with E-state index in [2.05, 4.69) is 4.98 Å². The minimum Gasteiger partial charge on any atom is -0.396 e. The van der Waals surface area contributed by atoms with Crippen molar-refractivity contribution in [3.8, 4) is 10.6 Å². The molecule has 2 heterocycles. The molecule has 1 atom stereocenters. The second kappa shape index (κ2) is 7.68. The van der Waals surface area contributed by atoms with Crippen molar-refractivity contribution in [2.75, 3.05) is 32.9 Å². The van der Waals surface area contributed by atoms with Crippen LogP contribution < -0.4 is 0 Å². The Morgan fingerprint density at radius 1 is 1.39 bits per heavy atom. The number of ether oxygens (including phenoxy) is 1. The van der Waals surface area contributed by atoms with Crippen LogP contribution in [-0.4, -0.2) is 53.8 Å². The first-order valence-electron chi connectivity index (χ1n) is 7.72. The molecule has 0 unspecified atom stereocenters. The number of rotatable bonds is 4. The number of amides is 1. The number of thiazole rings is 1. The van der Waals surface area contributed by atoms with Crippen LogP contribution in [0.25, 0.3) is 10.6 Å². The molecule has 0 spiro atoms. The van der Waals surface area contributed by atoms with Gasteiger partial charge in [-0.15, -0.1) is 11.3 Å². The van der Waals surface area contributed by atoms with E-state index < -0.39 is 0 Å². The molecular formula is C17H20N2O3S. The van der Waals surface area contributed by atoms with Gasteiger partial charge in [0.2, 0.25) is 5.91 Å². The lowest BCUT2D eigenvalue weighted by molar-refractivity contribution is -0.131. The number of aliphatic hydroxyl groups is 1. The third-order valence-electron chi connectivity index (χ3n) is 3.85. The number of aliphatic hydroxyl groups excluding tert-OH is 1. The summed E-state index contributed by atoms with van der Waals surface area (Å²) in [7, 11) is 0. The lowest BCUT2D eigenvalue weighted by Gasteiger charge is -2.22. The van der Waals surface area contributed by atoms with E-state index in [0.717, 1.165) is 16.3 Å². The van der Waals surface area contributed by atoms with Gasteiger partial charge in [0.1, 0.15) is 5.01 Å². The molecule has 2 aromatic rings. The summed E-state index contributed by atoms with van der Waals surface area (Å²) in [6.45, 7) is 2.19. The Kier molecular flexibility index (Phi) is 5.38. The van der Waals surface area contributed by atoms with Gasteiger partial charge >= 0.3 is 0 Å². The average molecular weight is 332 g/mol. The maximum Gasteiger partial charge on any atom is 0.228 e. The number of hydrogen-bond donors (Lipinski definition) is 1. The smallest absolute Gasteiger partial charge is 0.228 e. The fourth-order valence-electron chi connectivity index (χ4n) is 2.59. The van der Waals surface area contributed by atoms with Gasteiger partial charge in [0.05, 0.1) is 25.3 Å². The van der Waals surface area contributed by atoms with Crippen LogP contribution in [0.1, 0.15) is 5.69 Å². The monoisotopic (exact) mass is 332 g/mol. The topological polar surface area (TPSA) is 62.7 Å². The lowest BCUT2D eigenvalue weighted by atomic mass is 10.1. The van der Waals surface area contributed by atoms with Crippen molar-refractivity contribution in [2.45, 2.75) is 6.42 Å². The van der Waals surface area contributed by atoms with Gasteiger partial charge in [0.25, 0.3) is 0 Å². The van der Waals surface area contributed by atoms with Gasteiger partial charge < -0.3 is 14.7 Å². The maximum atomic E-state index is 12.5. The van der Waals surface area contributed by atoms with E-state index in [4.69, 9.17) is 4.74 Å². The first-order valence-corrected chi connectivity index (χ1v) is 8.60. The highest BCUT2D eigenvalue weighted by molar-refractivity contribution is 7.13. The fraction of sp³-hybridized carbons (Fsp3) is 0.412. The van der Waals surface area contributed by atoms with Crippen LogP contribution in [0.4, 0.5) is 0 Å². The molecule has 1 N–H and O–H groups in total. The van der Waals surface area contributed by atoms with Gasteiger partial charge in [-0.05, 0) is 0 Å². The predicted octanol–water partition coefficient (Wildman–Crippen LogP) is 1.82. The van der Waals surface area contributed by atoms with Crippen LogP contribution in [0.15, 0.2) is 35.7 Å². The SMILES string of the molecule is O=C(Cc1csc(-c2ccccc2)n1)N1CCOC[C@@H](CO)C1. The van der Waals surface area contributed by atoms with E-state index in [1.165, 1.54) is 0 Å². The number of carbonyl (C=O) groups is 1. The van der Waals surface area contributed by atoms with Crippen molar-refractivity contribution < 1.29 is 14.6 Å². The molecule has 1 amide bonds. The normalized spacial score (nSPS) is 18.7. The van der Waals surface area contributed by atoms with Gasteiger partial charge in [-0.2, -0.15) is 0 Å². The Hall–Kier alpha value is -1.76. The lowest BCUT2D eigenvalue weighted by Crippen LogP contribution is -2.37. The number of aromatic nitrogens is 1. The molecule has 1 aliphatic heterocycles. The van der Waals surface area contributed by atoms with E-state index >= 15 is 0 Å². The molecule has 1 saturated heterocycles. The average Bonchev–Trinajstić information content (AvgIpc) is 2.91. The van der Waals surface area contributed by atoms with Crippen LogP contribution in [0.2, 0.25) is 0 Å². The molecule has 1 aromatic carbocycles. The van der Waals surface area contributed by atoms with Crippen molar-refractivity contribution in [1.82, 2.24) is 9.88 Å². The number of benzene rings is 1. The fourth-order valence-corrected chi connectivity index (χ4v) is 3.41. The Morgan fingerprint density at radius 3 is 3.00 bits per heavy atom. The largest absolute Gasteiger partial charge is 0.396 e. The van der Waals surface area contributed by atoms with Crippen molar-refractivity contribution in [2.24, 2.45) is 5.92 Å². The highest BCUT2D eigenvalue weighted by Crippen LogP contribution is 2.23. The van der Waals surface area contributed by atoms with Gasteiger partial charge in [-0.25, -0.2) is 4.98 Å². The van der Waals surface area contributed by atoms with Crippen LogP contribution >= 0.6 is 11.3 Å². The Bertz CT molecular complexity index is 644. The molecule has 122 valence electrons. The zero-order valence-electron chi connectivity index (χ0n) is 12.9. The second-order valence-corrected chi connectivity index (χ2v) is 6.51. The molecular weight excluding hydrogens is 312 g/mol. The molecule has 6 heteroatoms. The predicted molar refractivity (Wildman–Crippen MR) is 89.2 cm³/mol. The Labute approximate surface area is 139 Å². The Morgan fingerprint density at radius 2 is 2.22 bits per heavy atom. The van der Waals surface area contributed by atoms with Crippen LogP contribution in [-0.2, 0) is 16.0 Å². The summed E-state index contributed by atoms with van der Waals surface area (Å²) in [4.78, 5) is 18.8. The minimum atomic E-state index is -0.00300. The summed E-state index contributed by atoms with van der Waals surface area (Å²) in [5.74, 6) is 0.0376. The summed E-state index contributed by atoms with van der Waals surface area (Å²) >= 11 is 1.55. The summed E-state index contributed by atoms with van der Waals surface area (Å²) in [5, 5.41) is 12.2. The van der Waals surface area contributed by atoms with Crippen molar-refractivity contribution >= 4 is 17.2 Å². The van der Waals surface area contributed by atoms with Gasteiger partial charge in [0.15, 0.2) is 0 Å². The van der Waals surface area contributed by atoms with Crippen LogP contribution in [0.5, 0.6) is 0 Å². The molecule has 23 heavy (non-hydrogen) atoms. The van der Waals surface area contributed by atoms with Crippen molar-refractivity contribution in [3.63, 3.8) is 0 Å². The molecule has 1 aliphatic rings. The molecule has 1 fully saturated rings. The molecule has 0 radical (unpaired) electrons. The number of nitrogens with zero attached hydrogens (tertiary/aromatic N) is 2. The van der Waals surface area contributed by atoms with E-state index in [1.54, 1.807) is 16.2 Å². The molecule has 1 aromatic heterocycles. The maximum absolute atomic E-state index is 12.5. The van der Waals surface area contributed by atoms with Crippen LogP contribution in [0.3, 0.4) is 0 Å². The molecule has 3 rings (SSSR count). The molecule has 0 aliphatic carbocycles. The van der Waals surface area contributed by atoms with Crippen LogP contribution in [0, 0.1) is 5.92 Å². The molecule has 5 nitrogen and oxygen atoms in total. The first-order chi connectivity index (χ1) is 11.3. The van der Waals surface area contributed by atoms with Crippen molar-refractivity contribution in [3.05, 3.63) is 41.4 Å². The highest BCUT2D eigenvalue weighted by atomic mass is 32.1. The first kappa shape index (κ1) is 16.1. The van der Waals surface area contributed by atoms with Crippen molar-refractivity contribution in [1.29, 1.82) is 0 Å². The van der Waals surface area contributed by atoms with E-state index in [9.17, 15) is 9.90 Å². The second-order valence-electron chi connectivity index (χ2n) is 5.65. The summed E-state index contributed by atoms with van der Waals surface area (Å²) < 4.78 is 5.42. The highest BCUT2D eigenvalue weighted by Gasteiger charge is 2.22.